The van der Waals surface area contributed by atoms with Gasteiger partial charge < -0.3 is 5.11 Å². The minimum atomic E-state index is -0.0725. The van der Waals surface area contributed by atoms with Crippen molar-refractivity contribution in [1.29, 1.82) is 0 Å². The standard InChI is InChI=1S/C5H14OSi/c1-3-5(7)4(2)6/h4-6H,3H2,1-2,7H3. The summed E-state index contributed by atoms with van der Waals surface area (Å²) in [5, 5.41) is 8.86. The van der Waals surface area contributed by atoms with Gasteiger partial charge in [-0.15, -0.1) is 0 Å². The summed E-state index contributed by atoms with van der Waals surface area (Å²) in [6.45, 7) is 3.98. The predicted molar refractivity (Wildman–Crippen MR) is 35.7 cm³/mol. The Balaban J connectivity index is 3.14. The van der Waals surface area contributed by atoms with E-state index in [0.717, 1.165) is 16.7 Å². The first-order chi connectivity index (χ1) is 3.18. The Kier molecular flexibility index (Phi) is 3.30. The Hall–Kier alpha value is 0.177. The van der Waals surface area contributed by atoms with Gasteiger partial charge in [0, 0.05) is 10.2 Å². The van der Waals surface area contributed by atoms with Crippen LogP contribution in [-0.4, -0.2) is 21.5 Å². The largest absolute Gasteiger partial charge is 0.393 e. The first kappa shape index (κ1) is 7.18. The zero-order valence-electron chi connectivity index (χ0n) is 5.31. The molecule has 0 aliphatic carbocycles. The van der Waals surface area contributed by atoms with Crippen molar-refractivity contribution in [2.24, 2.45) is 0 Å². The van der Waals surface area contributed by atoms with Crippen molar-refractivity contribution < 1.29 is 5.11 Å². The Labute approximate surface area is 48.2 Å². The Morgan fingerprint density at radius 1 is 1.71 bits per heavy atom. The van der Waals surface area contributed by atoms with Crippen molar-refractivity contribution in [2.75, 3.05) is 0 Å². The molecule has 0 fully saturated rings. The summed E-state index contributed by atoms with van der Waals surface area (Å²) in [7, 11) is 1.12. The van der Waals surface area contributed by atoms with E-state index < -0.39 is 0 Å². The van der Waals surface area contributed by atoms with Crippen LogP contribution in [0, 0.1) is 0 Å². The average molecular weight is 118 g/mol. The zero-order chi connectivity index (χ0) is 5.86. The number of rotatable bonds is 2. The molecule has 0 aliphatic rings. The second kappa shape index (κ2) is 3.21. The summed E-state index contributed by atoms with van der Waals surface area (Å²) < 4.78 is 0. The fourth-order valence-electron chi connectivity index (χ4n) is 0.341. The highest BCUT2D eigenvalue weighted by Crippen LogP contribution is 2.08. The van der Waals surface area contributed by atoms with Crippen LogP contribution in [0.25, 0.3) is 0 Å². The lowest BCUT2D eigenvalue weighted by molar-refractivity contribution is 0.184. The number of hydrogen-bond donors (Lipinski definition) is 1. The van der Waals surface area contributed by atoms with Crippen LogP contribution in [-0.2, 0) is 0 Å². The molecule has 0 aromatic rings. The lowest BCUT2D eigenvalue weighted by Crippen LogP contribution is -2.08. The molecule has 0 bridgehead atoms. The summed E-state index contributed by atoms with van der Waals surface area (Å²) in [4.78, 5) is 0. The van der Waals surface area contributed by atoms with Gasteiger partial charge in [-0.25, -0.2) is 0 Å². The minimum Gasteiger partial charge on any atom is -0.393 e. The van der Waals surface area contributed by atoms with Crippen molar-refractivity contribution in [3.8, 4) is 0 Å². The topological polar surface area (TPSA) is 20.2 Å². The Morgan fingerprint density at radius 3 is 2.14 bits per heavy atom. The van der Waals surface area contributed by atoms with Gasteiger partial charge in [0.25, 0.3) is 0 Å². The van der Waals surface area contributed by atoms with Crippen molar-refractivity contribution >= 4 is 10.2 Å². The molecule has 0 saturated carbocycles. The van der Waals surface area contributed by atoms with E-state index in [1.807, 2.05) is 6.92 Å². The van der Waals surface area contributed by atoms with Gasteiger partial charge in [0.2, 0.25) is 0 Å². The molecular formula is C5H14OSi. The second-order valence-corrected chi connectivity index (χ2v) is 3.61. The van der Waals surface area contributed by atoms with Crippen molar-refractivity contribution in [2.45, 2.75) is 31.9 Å². The van der Waals surface area contributed by atoms with Crippen LogP contribution in [0.1, 0.15) is 20.3 Å². The fourth-order valence-corrected chi connectivity index (χ4v) is 0.341. The van der Waals surface area contributed by atoms with Crippen LogP contribution in [0.2, 0.25) is 5.54 Å². The zero-order valence-corrected chi connectivity index (χ0v) is 7.31. The van der Waals surface area contributed by atoms with Gasteiger partial charge in [0.1, 0.15) is 0 Å². The van der Waals surface area contributed by atoms with Crippen LogP contribution in [0.4, 0.5) is 0 Å². The maximum atomic E-state index is 8.86. The van der Waals surface area contributed by atoms with Gasteiger partial charge in [0.15, 0.2) is 0 Å². The van der Waals surface area contributed by atoms with Crippen LogP contribution in [0.15, 0.2) is 0 Å². The predicted octanol–water partition coefficient (Wildman–Crippen LogP) is -0.0689. The molecule has 0 rings (SSSR count). The van der Waals surface area contributed by atoms with E-state index in [2.05, 4.69) is 6.92 Å². The summed E-state index contributed by atoms with van der Waals surface area (Å²) >= 11 is 0. The van der Waals surface area contributed by atoms with E-state index in [4.69, 9.17) is 5.11 Å². The van der Waals surface area contributed by atoms with Gasteiger partial charge in [-0.05, 0) is 12.5 Å². The molecule has 2 unspecified atom stereocenters. The molecule has 0 radical (unpaired) electrons. The van der Waals surface area contributed by atoms with Gasteiger partial charge in [-0.2, -0.15) is 0 Å². The molecular weight excluding hydrogens is 104 g/mol. The van der Waals surface area contributed by atoms with Crippen LogP contribution in [0.3, 0.4) is 0 Å². The average Bonchev–Trinajstić information content (AvgIpc) is 1.65. The molecule has 0 heterocycles. The van der Waals surface area contributed by atoms with E-state index in [-0.39, 0.29) is 6.10 Å². The first-order valence-corrected chi connectivity index (χ1v) is 4.02. The number of hydrogen-bond acceptors (Lipinski definition) is 1. The third kappa shape index (κ3) is 2.82. The van der Waals surface area contributed by atoms with E-state index in [0.29, 0.717) is 5.54 Å². The second-order valence-electron chi connectivity index (χ2n) is 2.13. The molecule has 1 nitrogen and oxygen atoms in total. The molecule has 0 amide bonds. The SMILES string of the molecule is CCC([SiH3])C(C)O. The van der Waals surface area contributed by atoms with Gasteiger partial charge in [-0.3, -0.25) is 0 Å². The van der Waals surface area contributed by atoms with Gasteiger partial charge in [-0.1, -0.05) is 13.3 Å². The summed E-state index contributed by atoms with van der Waals surface area (Å²) in [5.74, 6) is 0. The van der Waals surface area contributed by atoms with Crippen LogP contribution >= 0.6 is 0 Å². The maximum Gasteiger partial charge on any atom is 0.0508 e. The Bertz CT molecular complexity index is 45.3. The van der Waals surface area contributed by atoms with E-state index >= 15 is 0 Å². The van der Waals surface area contributed by atoms with Gasteiger partial charge in [0.05, 0.1) is 6.10 Å². The molecule has 0 aromatic carbocycles. The lowest BCUT2D eigenvalue weighted by atomic mass is 10.2. The van der Waals surface area contributed by atoms with Gasteiger partial charge >= 0.3 is 0 Å². The lowest BCUT2D eigenvalue weighted by Gasteiger charge is -2.09. The van der Waals surface area contributed by atoms with E-state index in [9.17, 15) is 0 Å². The summed E-state index contributed by atoms with van der Waals surface area (Å²) in [6.07, 6.45) is 1.06. The molecule has 2 heteroatoms. The molecule has 7 heavy (non-hydrogen) atoms. The monoisotopic (exact) mass is 118 g/mol. The quantitative estimate of drug-likeness (QED) is 0.503. The molecule has 0 aromatic heterocycles. The molecule has 0 aliphatic heterocycles. The molecule has 1 N–H and O–H groups in total. The normalized spacial score (nSPS) is 19.3. The molecule has 0 spiro atoms. The third-order valence-corrected chi connectivity index (χ3v) is 3.25. The third-order valence-electron chi connectivity index (χ3n) is 1.47. The van der Waals surface area contributed by atoms with Crippen molar-refractivity contribution in [3.63, 3.8) is 0 Å². The molecule has 0 saturated heterocycles. The summed E-state index contributed by atoms with van der Waals surface area (Å²) in [5.41, 5.74) is 0.597. The first-order valence-electron chi connectivity index (χ1n) is 2.86. The highest BCUT2D eigenvalue weighted by molar-refractivity contribution is 6.11. The summed E-state index contributed by atoms with van der Waals surface area (Å²) in [6, 6.07) is 0. The smallest absolute Gasteiger partial charge is 0.0508 e. The van der Waals surface area contributed by atoms with E-state index in [1.165, 1.54) is 0 Å². The minimum absolute atomic E-state index is 0.0725. The number of aliphatic hydroxyl groups is 1. The van der Waals surface area contributed by atoms with Crippen LogP contribution in [0.5, 0.6) is 0 Å². The molecule has 44 valence electrons. The Morgan fingerprint density at radius 2 is 2.14 bits per heavy atom. The van der Waals surface area contributed by atoms with Crippen molar-refractivity contribution in [1.82, 2.24) is 0 Å². The highest BCUT2D eigenvalue weighted by atomic mass is 28.1. The van der Waals surface area contributed by atoms with E-state index in [1.54, 1.807) is 0 Å². The van der Waals surface area contributed by atoms with Crippen LogP contribution < -0.4 is 0 Å². The number of aliphatic hydroxyl groups excluding tert-OH is 1. The fraction of sp³-hybridized carbons (Fsp3) is 1.00. The molecule has 2 atom stereocenters. The highest BCUT2D eigenvalue weighted by Gasteiger charge is 2.03. The maximum absolute atomic E-state index is 8.86. The van der Waals surface area contributed by atoms with Crippen molar-refractivity contribution in [3.05, 3.63) is 0 Å².